The second-order valence-corrected chi connectivity index (χ2v) is 6.31. The molecule has 6 heteroatoms. The van der Waals surface area contributed by atoms with Crippen molar-refractivity contribution in [3.63, 3.8) is 0 Å². The zero-order valence-electron chi connectivity index (χ0n) is 13.6. The monoisotopic (exact) mass is 336 g/mol. The molecule has 126 valence electrons. The highest BCUT2D eigenvalue weighted by atomic mass is 16.5. The van der Waals surface area contributed by atoms with Gasteiger partial charge in [-0.1, -0.05) is 24.3 Å². The lowest BCUT2D eigenvalue weighted by Crippen LogP contribution is -2.46. The van der Waals surface area contributed by atoms with Crippen LogP contribution in [0.2, 0.25) is 0 Å². The van der Waals surface area contributed by atoms with Crippen molar-refractivity contribution in [3.05, 3.63) is 54.1 Å². The molecule has 0 saturated carbocycles. The molecule has 0 aliphatic carbocycles. The topological polar surface area (TPSA) is 60.4 Å². The summed E-state index contributed by atoms with van der Waals surface area (Å²) in [6.45, 7) is 0.357. The van der Waals surface area contributed by atoms with Crippen molar-refractivity contribution >= 4 is 17.7 Å². The van der Waals surface area contributed by atoms with E-state index >= 15 is 0 Å². The fourth-order valence-electron chi connectivity index (χ4n) is 3.80. The van der Waals surface area contributed by atoms with Gasteiger partial charge in [0.05, 0.1) is 31.4 Å². The van der Waals surface area contributed by atoms with Gasteiger partial charge < -0.3 is 14.2 Å². The molecular weight excluding hydrogens is 320 g/mol. The standard InChI is InChI=1S/C19H16N2O4/c1-23-12-8-6-11(7-9-12)17-13-10-24-18(22)16(13)20-19-21(17)14-4-2-3-5-15(14)25-19/h2-9,13,16-17H,10H2,1H3/t13-,16-,17-/m0/s1. The number of methoxy groups -OCH3 is 1. The number of anilines is 1. The molecule has 0 aromatic heterocycles. The van der Waals surface area contributed by atoms with E-state index in [2.05, 4.69) is 9.89 Å². The summed E-state index contributed by atoms with van der Waals surface area (Å²) in [4.78, 5) is 18.7. The van der Waals surface area contributed by atoms with Crippen LogP contribution in [0, 0.1) is 5.92 Å². The van der Waals surface area contributed by atoms with Gasteiger partial charge in [-0.3, -0.25) is 4.90 Å². The number of fused-ring (bicyclic) bond motifs is 4. The highest BCUT2D eigenvalue weighted by Crippen LogP contribution is 2.48. The van der Waals surface area contributed by atoms with Crippen molar-refractivity contribution in [1.82, 2.24) is 0 Å². The maximum Gasteiger partial charge on any atom is 0.331 e. The van der Waals surface area contributed by atoms with Crippen LogP contribution in [0.3, 0.4) is 0 Å². The van der Waals surface area contributed by atoms with Crippen LogP contribution < -0.4 is 14.4 Å². The smallest absolute Gasteiger partial charge is 0.331 e. The molecular formula is C19H16N2O4. The summed E-state index contributed by atoms with van der Waals surface area (Å²) in [6.07, 6.45) is 0. The zero-order valence-corrected chi connectivity index (χ0v) is 13.6. The van der Waals surface area contributed by atoms with E-state index in [-0.39, 0.29) is 17.9 Å². The summed E-state index contributed by atoms with van der Waals surface area (Å²) in [5.41, 5.74) is 2.03. The first-order chi connectivity index (χ1) is 12.3. The number of amidine groups is 1. The Labute approximate surface area is 144 Å². The fourth-order valence-corrected chi connectivity index (χ4v) is 3.80. The molecule has 3 aliphatic heterocycles. The van der Waals surface area contributed by atoms with Crippen LogP contribution >= 0.6 is 0 Å². The molecule has 3 heterocycles. The molecule has 0 amide bonds. The van der Waals surface area contributed by atoms with Crippen LogP contribution in [0.25, 0.3) is 0 Å². The van der Waals surface area contributed by atoms with Gasteiger partial charge in [-0.05, 0) is 29.8 Å². The number of carbonyl (C=O) groups is 1. The van der Waals surface area contributed by atoms with Crippen LogP contribution in [-0.4, -0.2) is 31.7 Å². The number of esters is 1. The highest BCUT2D eigenvalue weighted by Gasteiger charge is 2.52. The predicted molar refractivity (Wildman–Crippen MR) is 91.0 cm³/mol. The molecule has 0 spiro atoms. The minimum Gasteiger partial charge on any atom is -0.497 e. The SMILES string of the molecule is COc1ccc([C@H]2[C@H]3COC(=O)[C@H]3N=C3Oc4ccccc4N32)cc1. The van der Waals surface area contributed by atoms with Gasteiger partial charge in [-0.25, -0.2) is 9.79 Å². The minimum atomic E-state index is -0.521. The normalized spacial score (nSPS) is 26.1. The van der Waals surface area contributed by atoms with E-state index in [1.165, 1.54) is 0 Å². The Morgan fingerprint density at radius 1 is 1.16 bits per heavy atom. The maximum absolute atomic E-state index is 12.1. The van der Waals surface area contributed by atoms with Gasteiger partial charge in [0.1, 0.15) is 5.75 Å². The first-order valence-corrected chi connectivity index (χ1v) is 8.21. The molecule has 3 atom stereocenters. The van der Waals surface area contributed by atoms with Crippen molar-refractivity contribution < 1.29 is 19.0 Å². The Hall–Kier alpha value is -3.02. The lowest BCUT2D eigenvalue weighted by Gasteiger charge is -2.36. The first kappa shape index (κ1) is 14.3. The largest absolute Gasteiger partial charge is 0.497 e. The zero-order chi connectivity index (χ0) is 17.0. The minimum absolute atomic E-state index is 0.0561. The number of para-hydroxylation sites is 2. The van der Waals surface area contributed by atoms with E-state index in [9.17, 15) is 4.79 Å². The van der Waals surface area contributed by atoms with E-state index in [0.717, 1.165) is 22.7 Å². The third-order valence-electron chi connectivity index (χ3n) is 4.99. The second kappa shape index (κ2) is 5.24. The highest BCUT2D eigenvalue weighted by molar-refractivity contribution is 6.03. The van der Waals surface area contributed by atoms with Gasteiger partial charge in [0.2, 0.25) is 0 Å². The van der Waals surface area contributed by atoms with Crippen LogP contribution in [0.4, 0.5) is 5.69 Å². The van der Waals surface area contributed by atoms with Gasteiger partial charge in [-0.2, -0.15) is 0 Å². The van der Waals surface area contributed by atoms with Crippen molar-refractivity contribution in [3.8, 4) is 11.5 Å². The van der Waals surface area contributed by atoms with Crippen LogP contribution in [0.15, 0.2) is 53.5 Å². The molecule has 1 fully saturated rings. The quantitative estimate of drug-likeness (QED) is 0.789. The number of aliphatic imine (C=N–C) groups is 1. The first-order valence-electron chi connectivity index (χ1n) is 8.21. The summed E-state index contributed by atoms with van der Waals surface area (Å²) in [6, 6.07) is 15.6. The summed E-state index contributed by atoms with van der Waals surface area (Å²) >= 11 is 0. The number of ether oxygens (including phenoxy) is 3. The van der Waals surface area contributed by atoms with Gasteiger partial charge in [0.15, 0.2) is 11.8 Å². The van der Waals surface area contributed by atoms with Crippen LogP contribution in [-0.2, 0) is 9.53 Å². The third-order valence-corrected chi connectivity index (χ3v) is 4.99. The number of cyclic esters (lactones) is 1. The number of nitrogens with zero attached hydrogens (tertiary/aromatic N) is 2. The van der Waals surface area contributed by atoms with E-state index < -0.39 is 6.04 Å². The molecule has 2 aromatic carbocycles. The Bertz CT molecular complexity index is 877. The van der Waals surface area contributed by atoms with Crippen molar-refractivity contribution in [2.45, 2.75) is 12.1 Å². The van der Waals surface area contributed by atoms with Gasteiger partial charge >= 0.3 is 5.97 Å². The molecule has 5 rings (SSSR count). The van der Waals surface area contributed by atoms with Crippen LogP contribution in [0.1, 0.15) is 11.6 Å². The Morgan fingerprint density at radius 2 is 1.96 bits per heavy atom. The van der Waals surface area contributed by atoms with E-state index in [4.69, 9.17) is 14.2 Å². The van der Waals surface area contributed by atoms with E-state index in [0.29, 0.717) is 12.6 Å². The molecule has 0 bridgehead atoms. The molecule has 25 heavy (non-hydrogen) atoms. The summed E-state index contributed by atoms with van der Waals surface area (Å²) < 4.78 is 16.5. The van der Waals surface area contributed by atoms with E-state index in [1.807, 2.05) is 48.5 Å². The van der Waals surface area contributed by atoms with Gasteiger partial charge in [0, 0.05) is 0 Å². The van der Waals surface area contributed by atoms with Gasteiger partial charge in [0.25, 0.3) is 6.02 Å². The Morgan fingerprint density at radius 3 is 2.76 bits per heavy atom. The van der Waals surface area contributed by atoms with Gasteiger partial charge in [-0.15, -0.1) is 0 Å². The van der Waals surface area contributed by atoms with E-state index in [1.54, 1.807) is 7.11 Å². The Balaban J connectivity index is 1.65. The summed E-state index contributed by atoms with van der Waals surface area (Å²) in [5, 5.41) is 0. The van der Waals surface area contributed by atoms with Crippen LogP contribution in [0.5, 0.6) is 11.5 Å². The number of hydrogen-bond acceptors (Lipinski definition) is 6. The molecule has 0 unspecified atom stereocenters. The molecule has 3 aliphatic rings. The lowest BCUT2D eigenvalue weighted by molar-refractivity contribution is -0.138. The number of carbonyl (C=O) groups excluding carboxylic acids is 1. The Kier molecular flexibility index (Phi) is 3.00. The molecule has 0 radical (unpaired) electrons. The fraction of sp³-hybridized carbons (Fsp3) is 0.263. The summed E-state index contributed by atoms with van der Waals surface area (Å²) in [5.74, 6) is 1.21. The molecule has 1 saturated heterocycles. The molecule has 6 nitrogen and oxygen atoms in total. The summed E-state index contributed by atoms with van der Waals surface area (Å²) in [7, 11) is 1.64. The third kappa shape index (κ3) is 2.03. The average molecular weight is 336 g/mol. The number of rotatable bonds is 2. The predicted octanol–water partition coefficient (Wildman–Crippen LogP) is 2.55. The number of hydrogen-bond donors (Lipinski definition) is 0. The molecule has 0 N–H and O–H groups in total. The van der Waals surface area contributed by atoms with Crippen molar-refractivity contribution in [2.24, 2.45) is 10.9 Å². The van der Waals surface area contributed by atoms with Crippen molar-refractivity contribution in [2.75, 3.05) is 18.6 Å². The maximum atomic E-state index is 12.1. The lowest BCUT2D eigenvalue weighted by atomic mass is 9.86. The molecule has 2 aromatic rings. The second-order valence-electron chi connectivity index (χ2n) is 6.31. The van der Waals surface area contributed by atoms with Crippen molar-refractivity contribution in [1.29, 1.82) is 0 Å². The number of benzene rings is 2. The average Bonchev–Trinajstić information content (AvgIpc) is 3.21.